The van der Waals surface area contributed by atoms with Gasteiger partial charge in [0.1, 0.15) is 4.90 Å². The molecule has 2 N–H and O–H groups in total. The van der Waals surface area contributed by atoms with Crippen LogP contribution in [0, 0.1) is 5.41 Å². The molecular weight excluding hydrogens is 360 g/mol. The number of thiophene rings is 1. The Morgan fingerprint density at radius 2 is 2.00 bits per heavy atom. The standard InChI is InChI=1S/C13H23BrN2O2S2/c1-6-15-8-10-7-11(12(14)19-10)20(17,18)16-9(2)13(3,4)5/h7,9,15-16H,6,8H2,1-5H3. The Balaban J connectivity index is 2.95. The number of halogens is 1. The first kappa shape index (κ1) is 18.1. The van der Waals surface area contributed by atoms with Crippen LogP contribution < -0.4 is 10.0 Å². The molecule has 0 amide bonds. The molecule has 1 heterocycles. The number of sulfonamides is 1. The van der Waals surface area contributed by atoms with E-state index in [-0.39, 0.29) is 11.5 Å². The van der Waals surface area contributed by atoms with Gasteiger partial charge in [-0.3, -0.25) is 0 Å². The lowest BCUT2D eigenvalue weighted by Crippen LogP contribution is -2.41. The van der Waals surface area contributed by atoms with E-state index < -0.39 is 10.0 Å². The summed E-state index contributed by atoms with van der Waals surface area (Å²) in [5.41, 5.74) is -0.123. The fourth-order valence-electron chi connectivity index (χ4n) is 1.39. The summed E-state index contributed by atoms with van der Waals surface area (Å²) in [6.45, 7) is 11.5. The predicted molar refractivity (Wildman–Crippen MR) is 88.6 cm³/mol. The molecule has 116 valence electrons. The molecule has 1 aromatic heterocycles. The van der Waals surface area contributed by atoms with Gasteiger partial charge in [0.2, 0.25) is 10.0 Å². The van der Waals surface area contributed by atoms with Crippen LogP contribution in [0.2, 0.25) is 0 Å². The van der Waals surface area contributed by atoms with Crippen molar-refractivity contribution in [2.45, 2.75) is 52.1 Å². The highest BCUT2D eigenvalue weighted by Crippen LogP contribution is 2.32. The molecule has 0 aliphatic rings. The highest BCUT2D eigenvalue weighted by molar-refractivity contribution is 9.11. The van der Waals surface area contributed by atoms with Crippen molar-refractivity contribution in [1.29, 1.82) is 0 Å². The Labute approximate surface area is 134 Å². The minimum Gasteiger partial charge on any atom is -0.312 e. The van der Waals surface area contributed by atoms with Crippen molar-refractivity contribution in [3.8, 4) is 0 Å². The average Bonchev–Trinajstić information content (AvgIpc) is 2.67. The zero-order chi connectivity index (χ0) is 15.6. The fraction of sp³-hybridized carbons (Fsp3) is 0.692. The van der Waals surface area contributed by atoms with Gasteiger partial charge in [-0.1, -0.05) is 27.7 Å². The van der Waals surface area contributed by atoms with Gasteiger partial charge in [0, 0.05) is 17.5 Å². The summed E-state index contributed by atoms with van der Waals surface area (Å²) >= 11 is 4.81. The van der Waals surface area contributed by atoms with Gasteiger partial charge in [0.25, 0.3) is 0 Å². The zero-order valence-electron chi connectivity index (χ0n) is 12.6. The summed E-state index contributed by atoms with van der Waals surface area (Å²) in [4.78, 5) is 1.33. The van der Waals surface area contributed by atoms with E-state index in [1.165, 1.54) is 11.3 Å². The first-order chi connectivity index (χ1) is 9.08. The van der Waals surface area contributed by atoms with Gasteiger partial charge in [-0.05, 0) is 40.9 Å². The third-order valence-electron chi connectivity index (χ3n) is 3.18. The van der Waals surface area contributed by atoms with Gasteiger partial charge < -0.3 is 5.32 Å². The highest BCUT2D eigenvalue weighted by atomic mass is 79.9. The van der Waals surface area contributed by atoms with Crippen LogP contribution in [0.3, 0.4) is 0 Å². The van der Waals surface area contributed by atoms with Crippen LogP contribution in [-0.2, 0) is 16.6 Å². The van der Waals surface area contributed by atoms with Gasteiger partial charge in [-0.15, -0.1) is 11.3 Å². The average molecular weight is 383 g/mol. The van der Waals surface area contributed by atoms with E-state index in [0.717, 1.165) is 11.4 Å². The molecule has 20 heavy (non-hydrogen) atoms. The Hall–Kier alpha value is 0.0500. The Bertz CT molecular complexity index is 547. The van der Waals surface area contributed by atoms with Crippen molar-refractivity contribution >= 4 is 37.3 Å². The van der Waals surface area contributed by atoms with E-state index in [2.05, 4.69) is 26.0 Å². The van der Waals surface area contributed by atoms with E-state index in [1.807, 2.05) is 34.6 Å². The maximum absolute atomic E-state index is 12.4. The highest BCUT2D eigenvalue weighted by Gasteiger charge is 2.28. The predicted octanol–water partition coefficient (Wildman–Crippen LogP) is 3.33. The summed E-state index contributed by atoms with van der Waals surface area (Å²) < 4.78 is 28.3. The number of hydrogen-bond donors (Lipinski definition) is 2. The quantitative estimate of drug-likeness (QED) is 0.792. The smallest absolute Gasteiger partial charge is 0.242 e. The first-order valence-electron chi connectivity index (χ1n) is 6.59. The van der Waals surface area contributed by atoms with Crippen LogP contribution in [0.25, 0.3) is 0 Å². The Morgan fingerprint density at radius 1 is 1.40 bits per heavy atom. The molecule has 7 heteroatoms. The number of hydrogen-bond acceptors (Lipinski definition) is 4. The van der Waals surface area contributed by atoms with E-state index in [4.69, 9.17) is 0 Å². The molecule has 1 atom stereocenters. The van der Waals surface area contributed by atoms with Gasteiger partial charge in [-0.2, -0.15) is 0 Å². The van der Waals surface area contributed by atoms with E-state index in [9.17, 15) is 8.42 Å². The van der Waals surface area contributed by atoms with E-state index in [0.29, 0.717) is 15.2 Å². The summed E-state index contributed by atoms with van der Waals surface area (Å²) in [6, 6.07) is 1.59. The third-order valence-corrected chi connectivity index (χ3v) is 6.97. The minimum atomic E-state index is -3.49. The second-order valence-electron chi connectivity index (χ2n) is 5.84. The molecule has 0 fully saturated rings. The molecule has 0 saturated carbocycles. The largest absolute Gasteiger partial charge is 0.312 e. The summed E-state index contributed by atoms with van der Waals surface area (Å²) in [5, 5.41) is 3.20. The fourth-order valence-corrected chi connectivity index (χ4v) is 5.49. The van der Waals surface area contributed by atoms with Crippen LogP contribution >= 0.6 is 27.3 Å². The first-order valence-corrected chi connectivity index (χ1v) is 9.68. The summed E-state index contributed by atoms with van der Waals surface area (Å²) in [7, 11) is -3.49. The zero-order valence-corrected chi connectivity index (χ0v) is 15.8. The van der Waals surface area contributed by atoms with Crippen molar-refractivity contribution in [2.75, 3.05) is 6.54 Å². The molecule has 1 unspecified atom stereocenters. The minimum absolute atomic E-state index is 0.123. The number of nitrogens with one attached hydrogen (secondary N) is 2. The molecule has 0 saturated heterocycles. The molecule has 0 radical (unpaired) electrons. The third kappa shape index (κ3) is 4.80. The second-order valence-corrected chi connectivity index (χ2v) is 9.98. The maximum atomic E-state index is 12.4. The SMILES string of the molecule is CCNCc1cc(S(=O)(=O)NC(C)C(C)(C)C)c(Br)s1. The summed E-state index contributed by atoms with van der Waals surface area (Å²) in [6.07, 6.45) is 0. The molecule has 4 nitrogen and oxygen atoms in total. The van der Waals surface area contributed by atoms with Gasteiger partial charge in [-0.25, -0.2) is 13.1 Å². The van der Waals surface area contributed by atoms with Gasteiger partial charge in [0.15, 0.2) is 0 Å². The van der Waals surface area contributed by atoms with Crippen molar-refractivity contribution < 1.29 is 8.42 Å². The molecule has 1 aromatic rings. The Kier molecular flexibility index (Phi) is 6.22. The van der Waals surface area contributed by atoms with Crippen molar-refractivity contribution in [2.24, 2.45) is 5.41 Å². The molecular formula is C13H23BrN2O2S2. The lowest BCUT2D eigenvalue weighted by atomic mass is 9.89. The second kappa shape index (κ2) is 6.87. The number of rotatable bonds is 6. The van der Waals surface area contributed by atoms with Crippen LogP contribution in [-0.4, -0.2) is 21.0 Å². The maximum Gasteiger partial charge on any atom is 0.242 e. The van der Waals surface area contributed by atoms with E-state index >= 15 is 0 Å². The molecule has 0 bridgehead atoms. The lowest BCUT2D eigenvalue weighted by Gasteiger charge is -2.27. The van der Waals surface area contributed by atoms with Crippen LogP contribution in [0.1, 0.15) is 39.5 Å². The van der Waals surface area contributed by atoms with Crippen LogP contribution in [0.5, 0.6) is 0 Å². The summed E-state index contributed by atoms with van der Waals surface area (Å²) in [5.74, 6) is 0. The molecule has 0 aliphatic carbocycles. The van der Waals surface area contributed by atoms with Gasteiger partial charge >= 0.3 is 0 Å². The monoisotopic (exact) mass is 382 g/mol. The van der Waals surface area contributed by atoms with Gasteiger partial charge in [0.05, 0.1) is 3.79 Å². The van der Waals surface area contributed by atoms with Crippen LogP contribution in [0.4, 0.5) is 0 Å². The van der Waals surface area contributed by atoms with Crippen molar-refractivity contribution in [1.82, 2.24) is 10.0 Å². The molecule has 0 aliphatic heterocycles. The van der Waals surface area contributed by atoms with Crippen LogP contribution in [0.15, 0.2) is 14.7 Å². The Morgan fingerprint density at radius 3 is 2.50 bits per heavy atom. The van der Waals surface area contributed by atoms with Crippen molar-refractivity contribution in [3.05, 3.63) is 14.7 Å². The van der Waals surface area contributed by atoms with E-state index in [1.54, 1.807) is 6.07 Å². The lowest BCUT2D eigenvalue weighted by molar-refractivity contribution is 0.317. The topological polar surface area (TPSA) is 58.2 Å². The molecule has 0 aromatic carbocycles. The van der Waals surface area contributed by atoms with Crippen molar-refractivity contribution in [3.63, 3.8) is 0 Å². The molecule has 0 spiro atoms. The normalized spacial score (nSPS) is 14.5. The molecule has 1 rings (SSSR count).